The number of methoxy groups -OCH3 is 1. The van der Waals surface area contributed by atoms with Gasteiger partial charge in [-0.3, -0.25) is 25.0 Å². The lowest BCUT2D eigenvalue weighted by molar-refractivity contribution is -0.384. The van der Waals surface area contributed by atoms with Crippen LogP contribution in [0.1, 0.15) is 40.0 Å². The number of benzene rings is 2. The maximum Gasteiger partial charge on any atom is 0.341 e. The first-order valence-electron chi connectivity index (χ1n) is 10.1. The minimum atomic E-state index is -0.874. The summed E-state index contributed by atoms with van der Waals surface area (Å²) in [5.74, 6) is -1.79. The summed E-state index contributed by atoms with van der Waals surface area (Å²) in [6.45, 7) is 0.729. The van der Waals surface area contributed by atoms with Crippen LogP contribution in [0.3, 0.4) is 0 Å². The Morgan fingerprint density at radius 3 is 2.38 bits per heavy atom. The second kappa shape index (κ2) is 10.4. The molecule has 32 heavy (non-hydrogen) atoms. The van der Waals surface area contributed by atoms with Gasteiger partial charge in [0.1, 0.15) is 5.75 Å². The first-order chi connectivity index (χ1) is 15.4. The van der Waals surface area contributed by atoms with Gasteiger partial charge in [0.2, 0.25) is 0 Å². The van der Waals surface area contributed by atoms with Crippen molar-refractivity contribution >= 4 is 29.2 Å². The number of nitrogens with zero attached hydrogens (tertiary/aromatic N) is 2. The van der Waals surface area contributed by atoms with Crippen LogP contribution in [0.5, 0.6) is 5.75 Å². The van der Waals surface area contributed by atoms with Crippen molar-refractivity contribution in [3.8, 4) is 5.75 Å². The Bertz CT molecular complexity index is 1010. The smallest absolute Gasteiger partial charge is 0.341 e. The molecule has 0 saturated carbocycles. The second-order valence-electron chi connectivity index (χ2n) is 7.19. The SMILES string of the molecule is COc1ccc(C(=O)NC(=O)COC(=O)c2cc([N+](=O)[O-])ccc2N2CCCCC2)cc1. The van der Waals surface area contributed by atoms with Gasteiger partial charge in [0.05, 0.1) is 23.3 Å². The molecule has 3 rings (SSSR count). The Labute approximate surface area is 184 Å². The number of anilines is 1. The average molecular weight is 441 g/mol. The van der Waals surface area contributed by atoms with Crippen molar-refractivity contribution in [3.05, 3.63) is 63.7 Å². The highest BCUT2D eigenvalue weighted by Crippen LogP contribution is 2.28. The number of nitro groups is 1. The fourth-order valence-electron chi connectivity index (χ4n) is 3.40. The molecule has 0 aliphatic carbocycles. The van der Waals surface area contributed by atoms with Crippen LogP contribution in [0.2, 0.25) is 0 Å². The molecule has 0 atom stereocenters. The van der Waals surface area contributed by atoms with Gasteiger partial charge in [-0.05, 0) is 49.6 Å². The zero-order valence-electron chi connectivity index (χ0n) is 17.5. The number of rotatable bonds is 7. The van der Waals surface area contributed by atoms with E-state index in [0.717, 1.165) is 38.4 Å². The van der Waals surface area contributed by atoms with E-state index in [-0.39, 0.29) is 16.8 Å². The highest BCUT2D eigenvalue weighted by molar-refractivity contribution is 6.06. The highest BCUT2D eigenvalue weighted by Gasteiger charge is 2.23. The highest BCUT2D eigenvalue weighted by atomic mass is 16.6. The molecule has 168 valence electrons. The normalized spacial score (nSPS) is 13.2. The maximum atomic E-state index is 12.7. The zero-order valence-corrected chi connectivity index (χ0v) is 17.5. The van der Waals surface area contributed by atoms with Crippen molar-refractivity contribution < 1.29 is 28.8 Å². The van der Waals surface area contributed by atoms with Gasteiger partial charge < -0.3 is 14.4 Å². The van der Waals surface area contributed by atoms with Gasteiger partial charge in [0.25, 0.3) is 17.5 Å². The van der Waals surface area contributed by atoms with Gasteiger partial charge in [-0.2, -0.15) is 0 Å². The van der Waals surface area contributed by atoms with E-state index < -0.39 is 29.3 Å². The quantitative estimate of drug-likeness (QED) is 0.395. The van der Waals surface area contributed by atoms with Crippen molar-refractivity contribution in [2.75, 3.05) is 31.7 Å². The molecule has 0 unspecified atom stereocenters. The van der Waals surface area contributed by atoms with Crippen molar-refractivity contribution in [1.29, 1.82) is 0 Å². The number of esters is 1. The maximum absolute atomic E-state index is 12.7. The molecule has 1 heterocycles. The minimum absolute atomic E-state index is 0.00961. The fourth-order valence-corrected chi connectivity index (χ4v) is 3.40. The molecule has 1 fully saturated rings. The van der Waals surface area contributed by atoms with E-state index in [9.17, 15) is 24.5 Å². The van der Waals surface area contributed by atoms with Crippen LogP contribution >= 0.6 is 0 Å². The third-order valence-corrected chi connectivity index (χ3v) is 5.05. The average Bonchev–Trinajstić information content (AvgIpc) is 2.82. The van der Waals surface area contributed by atoms with E-state index in [0.29, 0.717) is 11.4 Å². The van der Waals surface area contributed by atoms with E-state index in [1.165, 1.54) is 31.4 Å². The van der Waals surface area contributed by atoms with E-state index in [1.54, 1.807) is 12.1 Å². The summed E-state index contributed by atoms with van der Waals surface area (Å²) in [4.78, 5) is 49.4. The first kappa shape index (κ1) is 22.7. The third kappa shape index (κ3) is 5.60. The van der Waals surface area contributed by atoms with Gasteiger partial charge in [0, 0.05) is 30.8 Å². The molecule has 2 aromatic carbocycles. The Morgan fingerprint density at radius 1 is 1.06 bits per heavy atom. The summed E-state index contributed by atoms with van der Waals surface area (Å²) >= 11 is 0. The molecule has 0 aromatic heterocycles. The van der Waals surface area contributed by atoms with Crippen molar-refractivity contribution in [1.82, 2.24) is 5.32 Å². The molecule has 1 N–H and O–H groups in total. The number of imide groups is 1. The number of amides is 2. The summed E-state index contributed by atoms with van der Waals surface area (Å²) in [5, 5.41) is 13.3. The molecular weight excluding hydrogens is 418 g/mol. The predicted octanol–water partition coefficient (Wildman–Crippen LogP) is 2.71. The van der Waals surface area contributed by atoms with Gasteiger partial charge in [0.15, 0.2) is 6.61 Å². The Balaban J connectivity index is 1.66. The molecular formula is C22H23N3O7. The molecule has 2 amide bonds. The van der Waals surface area contributed by atoms with Crippen LogP contribution in [-0.4, -0.2) is 49.5 Å². The number of carbonyl (C=O) groups excluding carboxylic acids is 3. The molecule has 2 aromatic rings. The summed E-state index contributed by atoms with van der Waals surface area (Å²) in [7, 11) is 1.49. The Morgan fingerprint density at radius 2 is 1.75 bits per heavy atom. The third-order valence-electron chi connectivity index (χ3n) is 5.05. The molecule has 1 aliphatic heterocycles. The predicted molar refractivity (Wildman–Crippen MR) is 115 cm³/mol. The summed E-state index contributed by atoms with van der Waals surface area (Å²) in [6.07, 6.45) is 2.97. The monoisotopic (exact) mass is 441 g/mol. The number of carbonyl (C=O) groups is 3. The molecule has 1 aliphatic rings. The summed E-state index contributed by atoms with van der Waals surface area (Å²) in [6, 6.07) is 10.1. The van der Waals surface area contributed by atoms with Crippen LogP contribution in [0.4, 0.5) is 11.4 Å². The van der Waals surface area contributed by atoms with Gasteiger partial charge in [-0.15, -0.1) is 0 Å². The van der Waals surface area contributed by atoms with Crippen LogP contribution in [0.15, 0.2) is 42.5 Å². The number of piperidine rings is 1. The zero-order chi connectivity index (χ0) is 23.1. The summed E-state index contributed by atoms with van der Waals surface area (Å²) in [5.41, 5.74) is 0.513. The number of non-ortho nitro benzene ring substituents is 1. The van der Waals surface area contributed by atoms with E-state index in [1.807, 2.05) is 4.90 Å². The standard InChI is InChI=1S/C22H23N3O7/c1-31-17-8-5-15(6-9-17)21(27)23-20(26)14-32-22(28)18-13-16(25(29)30)7-10-19(18)24-11-3-2-4-12-24/h5-10,13H,2-4,11-12,14H2,1H3,(H,23,26,27). The molecule has 1 saturated heterocycles. The Kier molecular flexibility index (Phi) is 7.37. The molecule has 0 spiro atoms. The number of hydrogen-bond acceptors (Lipinski definition) is 8. The number of ether oxygens (including phenoxy) is 2. The number of hydrogen-bond donors (Lipinski definition) is 1. The van der Waals surface area contributed by atoms with Crippen LogP contribution in [0.25, 0.3) is 0 Å². The van der Waals surface area contributed by atoms with Gasteiger partial charge in [-0.1, -0.05) is 0 Å². The van der Waals surface area contributed by atoms with E-state index in [2.05, 4.69) is 5.32 Å². The summed E-state index contributed by atoms with van der Waals surface area (Å²) < 4.78 is 10.1. The lowest BCUT2D eigenvalue weighted by Gasteiger charge is -2.30. The molecule has 0 bridgehead atoms. The number of nitro benzene ring substituents is 1. The largest absolute Gasteiger partial charge is 0.497 e. The number of nitrogens with one attached hydrogen (secondary N) is 1. The molecule has 10 nitrogen and oxygen atoms in total. The van der Waals surface area contributed by atoms with Gasteiger partial charge >= 0.3 is 5.97 Å². The Hall–Kier alpha value is -3.95. The van der Waals surface area contributed by atoms with Crippen LogP contribution < -0.4 is 15.0 Å². The van der Waals surface area contributed by atoms with Gasteiger partial charge in [-0.25, -0.2) is 4.79 Å². The fraction of sp³-hybridized carbons (Fsp3) is 0.318. The van der Waals surface area contributed by atoms with Crippen LogP contribution in [0, 0.1) is 10.1 Å². The lowest BCUT2D eigenvalue weighted by Crippen LogP contribution is -2.34. The molecule has 10 heteroatoms. The van der Waals surface area contributed by atoms with E-state index in [4.69, 9.17) is 9.47 Å². The van der Waals surface area contributed by atoms with Crippen molar-refractivity contribution in [2.24, 2.45) is 0 Å². The van der Waals surface area contributed by atoms with E-state index >= 15 is 0 Å². The lowest BCUT2D eigenvalue weighted by atomic mass is 10.1. The minimum Gasteiger partial charge on any atom is -0.497 e. The molecule has 0 radical (unpaired) electrons. The first-order valence-corrected chi connectivity index (χ1v) is 10.1. The van der Waals surface area contributed by atoms with Crippen molar-refractivity contribution in [2.45, 2.75) is 19.3 Å². The second-order valence-corrected chi connectivity index (χ2v) is 7.19. The van der Waals surface area contributed by atoms with Crippen molar-refractivity contribution in [3.63, 3.8) is 0 Å². The topological polar surface area (TPSA) is 128 Å². The van der Waals surface area contributed by atoms with Crippen LogP contribution in [-0.2, 0) is 9.53 Å².